The zero-order valence-electron chi connectivity index (χ0n) is 10.2. The highest BCUT2D eigenvalue weighted by Crippen LogP contribution is 2.06. The zero-order valence-corrected chi connectivity index (χ0v) is 10.2. The minimum atomic E-state index is -0.562. The number of aromatic nitrogens is 2. The van der Waals surface area contributed by atoms with Crippen LogP contribution in [0.5, 0.6) is 0 Å². The number of hydrogen-bond acceptors (Lipinski definition) is 3. The molecular weight excluding hydrogens is 228 g/mol. The van der Waals surface area contributed by atoms with E-state index in [1.165, 1.54) is 0 Å². The highest BCUT2D eigenvalue weighted by molar-refractivity contribution is 5.94. The van der Waals surface area contributed by atoms with Gasteiger partial charge in [0.1, 0.15) is 0 Å². The van der Waals surface area contributed by atoms with Crippen molar-refractivity contribution in [3.8, 4) is 0 Å². The van der Waals surface area contributed by atoms with Crippen LogP contribution < -0.4 is 11.1 Å². The molecule has 1 aromatic carbocycles. The standard InChI is InChI=1S/C13H16N4O/c1-17-9-11(8-15-17)16-13(18)12(14)7-10-5-3-2-4-6-10/h2-6,8-9,12H,7,14H2,1H3,(H,16,18). The van der Waals surface area contributed by atoms with Crippen LogP contribution >= 0.6 is 0 Å². The molecule has 2 aromatic rings. The topological polar surface area (TPSA) is 72.9 Å². The lowest BCUT2D eigenvalue weighted by Gasteiger charge is -2.11. The van der Waals surface area contributed by atoms with Gasteiger partial charge in [0.05, 0.1) is 17.9 Å². The van der Waals surface area contributed by atoms with Gasteiger partial charge in [0.15, 0.2) is 0 Å². The van der Waals surface area contributed by atoms with Crippen molar-refractivity contribution in [2.75, 3.05) is 5.32 Å². The summed E-state index contributed by atoms with van der Waals surface area (Å²) in [5.74, 6) is -0.202. The summed E-state index contributed by atoms with van der Waals surface area (Å²) in [6.07, 6.45) is 3.84. The molecule has 0 aliphatic heterocycles. The number of carbonyl (C=O) groups is 1. The molecule has 0 spiro atoms. The predicted octanol–water partition coefficient (Wildman–Crippen LogP) is 0.929. The molecule has 1 aromatic heterocycles. The summed E-state index contributed by atoms with van der Waals surface area (Å²) in [5.41, 5.74) is 7.57. The second-order valence-electron chi connectivity index (χ2n) is 4.19. The molecule has 1 atom stereocenters. The van der Waals surface area contributed by atoms with Gasteiger partial charge in [0.2, 0.25) is 5.91 Å². The number of nitrogens with one attached hydrogen (secondary N) is 1. The lowest BCUT2D eigenvalue weighted by molar-refractivity contribution is -0.117. The summed E-state index contributed by atoms with van der Waals surface area (Å²) in [5, 5.41) is 6.71. The Bertz CT molecular complexity index is 521. The molecule has 0 saturated carbocycles. The fourth-order valence-electron chi connectivity index (χ4n) is 1.68. The van der Waals surface area contributed by atoms with Gasteiger partial charge >= 0.3 is 0 Å². The molecule has 1 heterocycles. The number of carbonyl (C=O) groups excluding carboxylic acids is 1. The first kappa shape index (κ1) is 12.3. The van der Waals surface area contributed by atoms with E-state index in [0.717, 1.165) is 5.56 Å². The van der Waals surface area contributed by atoms with Gasteiger partial charge in [0, 0.05) is 13.2 Å². The van der Waals surface area contributed by atoms with E-state index < -0.39 is 6.04 Å². The van der Waals surface area contributed by atoms with Crippen LogP contribution in [0, 0.1) is 0 Å². The maximum absolute atomic E-state index is 11.9. The average Bonchev–Trinajstić information content (AvgIpc) is 2.76. The predicted molar refractivity (Wildman–Crippen MR) is 70.0 cm³/mol. The number of nitrogens with zero attached hydrogens (tertiary/aromatic N) is 2. The first-order chi connectivity index (χ1) is 8.65. The molecule has 0 fully saturated rings. The van der Waals surface area contributed by atoms with Crippen molar-refractivity contribution in [3.05, 3.63) is 48.3 Å². The number of hydrogen-bond donors (Lipinski definition) is 2. The van der Waals surface area contributed by atoms with E-state index >= 15 is 0 Å². The number of nitrogens with two attached hydrogens (primary N) is 1. The van der Waals surface area contributed by atoms with E-state index in [-0.39, 0.29) is 5.91 Å². The van der Waals surface area contributed by atoms with Gasteiger partial charge in [-0.1, -0.05) is 30.3 Å². The maximum atomic E-state index is 11.9. The molecule has 0 aliphatic carbocycles. The third-order valence-corrected chi connectivity index (χ3v) is 2.61. The molecule has 0 bridgehead atoms. The highest BCUT2D eigenvalue weighted by Gasteiger charge is 2.14. The molecular formula is C13H16N4O. The van der Waals surface area contributed by atoms with E-state index in [1.54, 1.807) is 24.1 Å². The average molecular weight is 244 g/mol. The number of benzene rings is 1. The van der Waals surface area contributed by atoms with Crippen molar-refractivity contribution < 1.29 is 4.79 Å². The largest absolute Gasteiger partial charge is 0.322 e. The van der Waals surface area contributed by atoms with Crippen LogP contribution in [0.25, 0.3) is 0 Å². The van der Waals surface area contributed by atoms with Crippen molar-refractivity contribution in [1.82, 2.24) is 9.78 Å². The minimum absolute atomic E-state index is 0.202. The van der Waals surface area contributed by atoms with Crippen LogP contribution in [-0.2, 0) is 18.3 Å². The number of rotatable bonds is 4. The fourth-order valence-corrected chi connectivity index (χ4v) is 1.68. The molecule has 2 rings (SSSR count). The SMILES string of the molecule is Cn1cc(NC(=O)C(N)Cc2ccccc2)cn1. The number of aryl methyl sites for hydroxylation is 1. The first-order valence-electron chi connectivity index (χ1n) is 5.74. The van der Waals surface area contributed by atoms with Gasteiger partial charge in [-0.2, -0.15) is 5.10 Å². The van der Waals surface area contributed by atoms with Crippen molar-refractivity contribution in [2.24, 2.45) is 12.8 Å². The Morgan fingerprint density at radius 2 is 2.17 bits per heavy atom. The normalized spacial score (nSPS) is 12.1. The smallest absolute Gasteiger partial charge is 0.241 e. The molecule has 1 unspecified atom stereocenters. The quantitative estimate of drug-likeness (QED) is 0.840. The van der Waals surface area contributed by atoms with Gasteiger partial charge in [-0.3, -0.25) is 9.48 Å². The van der Waals surface area contributed by atoms with E-state index in [1.807, 2.05) is 30.3 Å². The molecule has 3 N–H and O–H groups in total. The van der Waals surface area contributed by atoms with Crippen LogP contribution in [0.2, 0.25) is 0 Å². The Morgan fingerprint density at radius 3 is 2.78 bits per heavy atom. The molecule has 5 nitrogen and oxygen atoms in total. The number of anilines is 1. The van der Waals surface area contributed by atoms with Crippen molar-refractivity contribution in [1.29, 1.82) is 0 Å². The summed E-state index contributed by atoms with van der Waals surface area (Å²) < 4.78 is 1.62. The van der Waals surface area contributed by atoms with E-state index in [2.05, 4.69) is 10.4 Å². The first-order valence-corrected chi connectivity index (χ1v) is 5.74. The van der Waals surface area contributed by atoms with Crippen LogP contribution in [-0.4, -0.2) is 21.7 Å². The summed E-state index contributed by atoms with van der Waals surface area (Å²) in [4.78, 5) is 11.9. The van der Waals surface area contributed by atoms with Crippen LogP contribution in [0.4, 0.5) is 5.69 Å². The van der Waals surface area contributed by atoms with E-state index in [4.69, 9.17) is 5.73 Å². The third-order valence-electron chi connectivity index (χ3n) is 2.61. The minimum Gasteiger partial charge on any atom is -0.322 e. The Kier molecular flexibility index (Phi) is 3.74. The second kappa shape index (κ2) is 5.46. The molecule has 0 radical (unpaired) electrons. The lowest BCUT2D eigenvalue weighted by atomic mass is 10.1. The summed E-state index contributed by atoms with van der Waals surface area (Å²) in [6.45, 7) is 0. The molecule has 0 aliphatic rings. The van der Waals surface area contributed by atoms with E-state index in [9.17, 15) is 4.79 Å². The van der Waals surface area contributed by atoms with Crippen molar-refractivity contribution >= 4 is 11.6 Å². The van der Waals surface area contributed by atoms with Crippen molar-refractivity contribution in [2.45, 2.75) is 12.5 Å². The molecule has 5 heteroatoms. The Balaban J connectivity index is 1.93. The monoisotopic (exact) mass is 244 g/mol. The van der Waals surface area contributed by atoms with Crippen molar-refractivity contribution in [3.63, 3.8) is 0 Å². The zero-order chi connectivity index (χ0) is 13.0. The fraction of sp³-hybridized carbons (Fsp3) is 0.231. The van der Waals surface area contributed by atoms with Gasteiger partial charge in [-0.15, -0.1) is 0 Å². The Labute approximate surface area is 106 Å². The van der Waals surface area contributed by atoms with Crippen LogP contribution in [0.1, 0.15) is 5.56 Å². The number of amides is 1. The molecule has 1 amide bonds. The van der Waals surface area contributed by atoms with Gasteiger partial charge in [-0.05, 0) is 12.0 Å². The summed E-state index contributed by atoms with van der Waals surface area (Å²) in [6, 6.07) is 9.15. The van der Waals surface area contributed by atoms with Crippen LogP contribution in [0.15, 0.2) is 42.7 Å². The highest BCUT2D eigenvalue weighted by atomic mass is 16.2. The van der Waals surface area contributed by atoms with Gasteiger partial charge in [0.25, 0.3) is 0 Å². The molecule has 94 valence electrons. The second-order valence-corrected chi connectivity index (χ2v) is 4.19. The molecule has 18 heavy (non-hydrogen) atoms. The molecule has 0 saturated heterocycles. The summed E-state index contributed by atoms with van der Waals surface area (Å²) in [7, 11) is 1.79. The lowest BCUT2D eigenvalue weighted by Crippen LogP contribution is -2.37. The Hall–Kier alpha value is -2.14. The summed E-state index contributed by atoms with van der Waals surface area (Å²) >= 11 is 0. The Morgan fingerprint density at radius 1 is 1.44 bits per heavy atom. The third kappa shape index (κ3) is 3.18. The van der Waals surface area contributed by atoms with Crippen LogP contribution in [0.3, 0.4) is 0 Å². The van der Waals surface area contributed by atoms with Gasteiger partial charge in [-0.25, -0.2) is 0 Å². The van der Waals surface area contributed by atoms with Gasteiger partial charge < -0.3 is 11.1 Å². The maximum Gasteiger partial charge on any atom is 0.241 e. The van der Waals surface area contributed by atoms with E-state index in [0.29, 0.717) is 12.1 Å².